The van der Waals surface area contributed by atoms with Gasteiger partial charge in [0.05, 0.1) is 4.47 Å². The molecule has 1 aromatic rings. The lowest BCUT2D eigenvalue weighted by atomic mass is 9.88. The molecule has 16 heavy (non-hydrogen) atoms. The Labute approximate surface area is 110 Å². The highest BCUT2D eigenvalue weighted by atomic mass is 79.9. The van der Waals surface area contributed by atoms with Crippen molar-refractivity contribution < 1.29 is 0 Å². The van der Waals surface area contributed by atoms with Crippen molar-refractivity contribution in [2.75, 3.05) is 17.7 Å². The fourth-order valence-electron chi connectivity index (χ4n) is 1.36. The van der Waals surface area contributed by atoms with Crippen LogP contribution in [0.15, 0.2) is 16.9 Å². The van der Waals surface area contributed by atoms with Gasteiger partial charge < -0.3 is 5.32 Å². The Balaban J connectivity index is 2.41. The zero-order chi connectivity index (χ0) is 12.0. The predicted molar refractivity (Wildman–Crippen MR) is 72.0 cm³/mol. The highest BCUT2D eigenvalue weighted by molar-refractivity contribution is 9.10. The molecular weight excluding hydrogens is 289 g/mol. The van der Waals surface area contributed by atoms with Crippen molar-refractivity contribution in [2.45, 2.75) is 26.7 Å². The normalized spacial score (nSPS) is 11.5. The van der Waals surface area contributed by atoms with Crippen LogP contribution in [0, 0.1) is 5.41 Å². The number of anilines is 1. The fourth-order valence-corrected chi connectivity index (χ4v) is 1.69. The summed E-state index contributed by atoms with van der Waals surface area (Å²) >= 11 is 8.99. The summed E-state index contributed by atoms with van der Waals surface area (Å²) in [6, 6.07) is 0. The van der Waals surface area contributed by atoms with Crippen LogP contribution in [0.1, 0.15) is 26.7 Å². The number of hydrogen-bond acceptors (Lipinski definition) is 3. The first-order valence-corrected chi connectivity index (χ1v) is 6.64. The predicted octanol–water partition coefficient (Wildman–Crippen LogP) is 3.70. The zero-order valence-electron chi connectivity index (χ0n) is 9.63. The van der Waals surface area contributed by atoms with E-state index in [0.717, 1.165) is 29.7 Å². The van der Waals surface area contributed by atoms with Crippen molar-refractivity contribution in [2.24, 2.45) is 5.41 Å². The van der Waals surface area contributed by atoms with E-state index in [-0.39, 0.29) is 5.41 Å². The quantitative estimate of drug-likeness (QED) is 0.814. The summed E-state index contributed by atoms with van der Waals surface area (Å²) in [6.45, 7) is 5.28. The number of aromatic nitrogens is 2. The lowest BCUT2D eigenvalue weighted by Gasteiger charge is -2.24. The second kappa shape index (κ2) is 6.40. The van der Waals surface area contributed by atoms with Gasteiger partial charge in [0.25, 0.3) is 0 Å². The number of rotatable bonds is 6. The van der Waals surface area contributed by atoms with Crippen LogP contribution in [0.4, 0.5) is 5.95 Å². The number of nitrogens with one attached hydrogen (secondary N) is 1. The molecule has 0 amide bonds. The summed E-state index contributed by atoms with van der Waals surface area (Å²) in [5.74, 6) is 1.39. The van der Waals surface area contributed by atoms with Crippen LogP contribution >= 0.6 is 27.5 Å². The minimum absolute atomic E-state index is 0.214. The molecular formula is C11H17BrClN3. The Bertz CT molecular complexity index is 314. The number of hydrogen-bond donors (Lipinski definition) is 1. The van der Waals surface area contributed by atoms with E-state index in [0.29, 0.717) is 5.95 Å². The van der Waals surface area contributed by atoms with E-state index in [1.165, 1.54) is 0 Å². The smallest absolute Gasteiger partial charge is 0.222 e. The second-order valence-electron chi connectivity index (χ2n) is 4.54. The van der Waals surface area contributed by atoms with Gasteiger partial charge in [0, 0.05) is 24.8 Å². The van der Waals surface area contributed by atoms with Crippen LogP contribution < -0.4 is 5.32 Å². The molecule has 3 nitrogen and oxygen atoms in total. The molecule has 0 unspecified atom stereocenters. The Kier molecular flexibility index (Phi) is 5.49. The molecule has 0 aromatic carbocycles. The van der Waals surface area contributed by atoms with Gasteiger partial charge in [-0.15, -0.1) is 11.6 Å². The fraction of sp³-hybridized carbons (Fsp3) is 0.636. The summed E-state index contributed by atoms with van der Waals surface area (Å²) in [5, 5.41) is 3.23. The molecule has 1 heterocycles. The summed E-state index contributed by atoms with van der Waals surface area (Å²) in [7, 11) is 0. The van der Waals surface area contributed by atoms with Gasteiger partial charge >= 0.3 is 0 Å². The van der Waals surface area contributed by atoms with Crippen molar-refractivity contribution in [1.82, 2.24) is 9.97 Å². The summed E-state index contributed by atoms with van der Waals surface area (Å²) in [5.41, 5.74) is 0.214. The summed E-state index contributed by atoms with van der Waals surface area (Å²) < 4.78 is 0.888. The maximum Gasteiger partial charge on any atom is 0.222 e. The standard InChI is InChI=1S/C11H17BrClN3/c1-11(2,4-3-5-13)8-16-10-14-6-9(12)7-15-10/h6-7H,3-5,8H2,1-2H3,(H,14,15,16). The molecule has 0 saturated carbocycles. The van der Waals surface area contributed by atoms with Gasteiger partial charge in [-0.3, -0.25) is 0 Å². The van der Waals surface area contributed by atoms with Crippen LogP contribution in [0.3, 0.4) is 0 Å². The monoisotopic (exact) mass is 305 g/mol. The van der Waals surface area contributed by atoms with Gasteiger partial charge in [-0.2, -0.15) is 0 Å². The third-order valence-corrected chi connectivity index (χ3v) is 3.01. The molecule has 90 valence electrons. The highest BCUT2D eigenvalue weighted by Gasteiger charge is 2.17. The Morgan fingerprint density at radius 1 is 1.38 bits per heavy atom. The summed E-state index contributed by atoms with van der Waals surface area (Å²) in [4.78, 5) is 8.33. The van der Waals surface area contributed by atoms with Crippen molar-refractivity contribution in [1.29, 1.82) is 0 Å². The second-order valence-corrected chi connectivity index (χ2v) is 5.83. The van der Waals surface area contributed by atoms with Crippen molar-refractivity contribution in [3.05, 3.63) is 16.9 Å². The molecule has 0 aliphatic heterocycles. The van der Waals surface area contributed by atoms with Gasteiger partial charge in [-0.05, 0) is 34.2 Å². The lowest BCUT2D eigenvalue weighted by Crippen LogP contribution is -2.24. The molecule has 0 saturated heterocycles. The van der Waals surface area contributed by atoms with Crippen LogP contribution in [-0.2, 0) is 0 Å². The highest BCUT2D eigenvalue weighted by Crippen LogP contribution is 2.22. The summed E-state index contributed by atoms with van der Waals surface area (Å²) in [6.07, 6.45) is 5.61. The topological polar surface area (TPSA) is 37.8 Å². The molecule has 0 aliphatic rings. The molecule has 0 atom stereocenters. The van der Waals surface area contributed by atoms with Crippen LogP contribution in [0.25, 0.3) is 0 Å². The number of nitrogens with zero attached hydrogens (tertiary/aromatic N) is 2. The molecule has 5 heteroatoms. The van der Waals surface area contributed by atoms with Crippen molar-refractivity contribution >= 4 is 33.5 Å². The molecule has 1 rings (SSSR count). The SMILES string of the molecule is CC(C)(CCCCl)CNc1ncc(Br)cn1. The molecule has 1 N–H and O–H groups in total. The molecule has 0 radical (unpaired) electrons. The molecule has 0 aliphatic carbocycles. The van der Waals surface area contributed by atoms with Crippen molar-refractivity contribution in [3.63, 3.8) is 0 Å². The Hall–Kier alpha value is -0.350. The minimum Gasteiger partial charge on any atom is -0.354 e. The van der Waals surface area contributed by atoms with E-state index < -0.39 is 0 Å². The van der Waals surface area contributed by atoms with Gasteiger partial charge in [0.2, 0.25) is 5.95 Å². The Morgan fingerprint density at radius 2 is 2.00 bits per heavy atom. The first-order valence-electron chi connectivity index (χ1n) is 5.31. The van der Waals surface area contributed by atoms with Crippen LogP contribution in [0.2, 0.25) is 0 Å². The lowest BCUT2D eigenvalue weighted by molar-refractivity contribution is 0.355. The Morgan fingerprint density at radius 3 is 2.56 bits per heavy atom. The van der Waals surface area contributed by atoms with Gasteiger partial charge in [-0.1, -0.05) is 13.8 Å². The molecule has 0 bridgehead atoms. The minimum atomic E-state index is 0.214. The third kappa shape index (κ3) is 5.12. The van der Waals surface area contributed by atoms with Gasteiger partial charge in [0.15, 0.2) is 0 Å². The van der Waals surface area contributed by atoms with Crippen LogP contribution in [-0.4, -0.2) is 22.4 Å². The number of alkyl halides is 1. The average molecular weight is 307 g/mol. The first kappa shape index (κ1) is 13.7. The first-order chi connectivity index (χ1) is 7.53. The number of halogens is 2. The molecule has 0 fully saturated rings. The van der Waals surface area contributed by atoms with E-state index >= 15 is 0 Å². The zero-order valence-corrected chi connectivity index (χ0v) is 12.0. The van der Waals surface area contributed by atoms with Gasteiger partial charge in [-0.25, -0.2) is 9.97 Å². The molecule has 1 aromatic heterocycles. The van der Waals surface area contributed by atoms with Crippen LogP contribution in [0.5, 0.6) is 0 Å². The average Bonchev–Trinajstić information content (AvgIpc) is 2.26. The molecule has 0 spiro atoms. The largest absolute Gasteiger partial charge is 0.354 e. The van der Waals surface area contributed by atoms with E-state index in [9.17, 15) is 0 Å². The third-order valence-electron chi connectivity index (χ3n) is 2.33. The maximum absolute atomic E-state index is 5.69. The van der Waals surface area contributed by atoms with E-state index in [1.54, 1.807) is 12.4 Å². The van der Waals surface area contributed by atoms with Crippen molar-refractivity contribution in [3.8, 4) is 0 Å². The van der Waals surface area contributed by atoms with E-state index in [4.69, 9.17) is 11.6 Å². The van der Waals surface area contributed by atoms with E-state index in [2.05, 4.69) is 45.1 Å². The maximum atomic E-state index is 5.69. The van der Waals surface area contributed by atoms with Gasteiger partial charge in [0.1, 0.15) is 0 Å². The van der Waals surface area contributed by atoms with E-state index in [1.807, 2.05) is 0 Å².